The number of aromatic nitrogens is 4. The van der Waals surface area contributed by atoms with Crippen LogP contribution in [0.4, 0.5) is 0 Å². The molecule has 0 aliphatic carbocycles. The molecule has 64 heavy (non-hydrogen) atoms. The van der Waals surface area contributed by atoms with Crippen LogP contribution < -0.4 is 0 Å². The second-order valence-electron chi connectivity index (χ2n) is 16.2. The molecule has 0 spiro atoms. The van der Waals surface area contributed by atoms with Crippen molar-refractivity contribution in [3.05, 3.63) is 207 Å². The Hall–Kier alpha value is -8.74. The van der Waals surface area contributed by atoms with Crippen LogP contribution in [-0.4, -0.2) is 19.9 Å². The van der Waals surface area contributed by atoms with E-state index in [-0.39, 0.29) is 0 Å². The van der Waals surface area contributed by atoms with E-state index < -0.39 is 0 Å². The van der Waals surface area contributed by atoms with Gasteiger partial charge in [-0.3, -0.25) is 4.98 Å². The van der Waals surface area contributed by atoms with Gasteiger partial charge in [-0.15, -0.1) is 0 Å². The van der Waals surface area contributed by atoms with Crippen LogP contribution in [0.1, 0.15) is 0 Å². The number of hydrogen-bond donors (Lipinski definition) is 0. The van der Waals surface area contributed by atoms with Gasteiger partial charge in [0, 0.05) is 61.8 Å². The first kappa shape index (κ1) is 36.0. The van der Waals surface area contributed by atoms with Gasteiger partial charge in [-0.1, -0.05) is 140 Å². The Morgan fingerprint density at radius 1 is 0.297 bits per heavy atom. The molecule has 0 radical (unpaired) electrons. The lowest BCUT2D eigenvalue weighted by molar-refractivity contribution is 0.670. The summed E-state index contributed by atoms with van der Waals surface area (Å²) in [5, 5.41) is 8.92. The summed E-state index contributed by atoms with van der Waals surface area (Å²) in [6, 6.07) is 67.4. The summed E-state index contributed by atoms with van der Waals surface area (Å²) >= 11 is 0. The van der Waals surface area contributed by atoms with E-state index in [9.17, 15) is 0 Å². The Kier molecular flexibility index (Phi) is 8.11. The molecule has 0 fully saturated rings. The third-order valence-corrected chi connectivity index (χ3v) is 12.4. The first-order valence-corrected chi connectivity index (χ1v) is 21.3. The summed E-state index contributed by atoms with van der Waals surface area (Å²) in [6.45, 7) is 0. The maximum atomic E-state index is 6.63. The average Bonchev–Trinajstić information content (AvgIpc) is 3.94. The van der Waals surface area contributed by atoms with Gasteiger partial charge in [-0.25, -0.2) is 15.0 Å². The molecular weight excluding hydrogens is 785 g/mol. The van der Waals surface area contributed by atoms with Crippen LogP contribution in [0.5, 0.6) is 0 Å². The number of fused-ring (bicyclic) bond motifs is 8. The van der Waals surface area contributed by atoms with E-state index in [0.29, 0.717) is 17.5 Å². The molecule has 0 unspecified atom stereocenters. The zero-order valence-electron chi connectivity index (χ0n) is 34.2. The van der Waals surface area contributed by atoms with Gasteiger partial charge < -0.3 is 8.83 Å². The largest absolute Gasteiger partial charge is 0.455 e. The second-order valence-corrected chi connectivity index (χ2v) is 16.2. The summed E-state index contributed by atoms with van der Waals surface area (Å²) < 4.78 is 13.3. The molecule has 13 rings (SSSR count). The van der Waals surface area contributed by atoms with Crippen LogP contribution in [0.25, 0.3) is 133 Å². The number of para-hydroxylation sites is 4. The molecule has 4 heterocycles. The summed E-state index contributed by atoms with van der Waals surface area (Å²) in [7, 11) is 0. The van der Waals surface area contributed by atoms with E-state index >= 15 is 0 Å². The van der Waals surface area contributed by atoms with Crippen LogP contribution in [0, 0.1) is 0 Å². The van der Waals surface area contributed by atoms with E-state index in [1.165, 1.54) is 10.8 Å². The molecule has 4 aromatic heterocycles. The van der Waals surface area contributed by atoms with Crippen molar-refractivity contribution in [3.8, 4) is 67.5 Å². The van der Waals surface area contributed by atoms with E-state index in [1.54, 1.807) is 6.20 Å². The predicted octanol–water partition coefficient (Wildman–Crippen LogP) is 15.4. The molecule has 6 heteroatoms. The van der Waals surface area contributed by atoms with Gasteiger partial charge in [-0.2, -0.15) is 0 Å². The molecule has 13 aromatic rings. The molecule has 298 valence electrons. The number of benzene rings is 9. The first-order valence-electron chi connectivity index (χ1n) is 21.3. The van der Waals surface area contributed by atoms with Gasteiger partial charge in [0.05, 0.1) is 0 Å². The number of pyridine rings is 1. The maximum absolute atomic E-state index is 6.63. The molecule has 0 amide bonds. The molecule has 0 aliphatic heterocycles. The molecule has 6 nitrogen and oxygen atoms in total. The van der Waals surface area contributed by atoms with Gasteiger partial charge >= 0.3 is 0 Å². The van der Waals surface area contributed by atoms with E-state index in [4.69, 9.17) is 23.8 Å². The van der Waals surface area contributed by atoms with Crippen molar-refractivity contribution in [2.45, 2.75) is 0 Å². The molecule has 0 saturated heterocycles. The van der Waals surface area contributed by atoms with Crippen molar-refractivity contribution in [2.24, 2.45) is 0 Å². The monoisotopic (exact) mass is 818 g/mol. The van der Waals surface area contributed by atoms with E-state index in [1.807, 2.05) is 36.5 Å². The highest BCUT2D eigenvalue weighted by atomic mass is 16.3. The Labute approximate surface area is 366 Å². The standard InChI is InChI=1S/C58H34N4O2/c1-2-11-38-29-42-30-40(26-25-39(42)28-37(38)10-1)57-60-56(36-23-21-35(22-24-36)41-12-9-27-59-34-41)61-58(62-57)45-32-43(46-15-7-17-50-48-13-3-5-19-52(48)63-54(46)50)31-44(33-45)47-16-8-18-51-49-14-4-6-20-53(49)64-55(47)51/h1-34H. The zero-order chi connectivity index (χ0) is 42.1. The minimum Gasteiger partial charge on any atom is -0.455 e. The fourth-order valence-corrected chi connectivity index (χ4v) is 9.20. The van der Waals surface area contributed by atoms with Crippen LogP contribution >= 0.6 is 0 Å². The molecular formula is C58H34N4O2. The van der Waals surface area contributed by atoms with Gasteiger partial charge in [0.2, 0.25) is 0 Å². The Bertz CT molecular complexity index is 3830. The Morgan fingerprint density at radius 2 is 0.797 bits per heavy atom. The zero-order valence-corrected chi connectivity index (χ0v) is 34.2. The van der Waals surface area contributed by atoms with Gasteiger partial charge in [0.25, 0.3) is 0 Å². The van der Waals surface area contributed by atoms with Gasteiger partial charge in [-0.05, 0) is 98.4 Å². The maximum Gasteiger partial charge on any atom is 0.164 e. The van der Waals surface area contributed by atoms with Crippen molar-refractivity contribution in [2.75, 3.05) is 0 Å². The SMILES string of the molecule is c1cncc(-c2ccc(-c3nc(-c4cc(-c5cccc6c5oc5ccccc56)cc(-c5cccc6c5oc5ccccc56)c4)nc(-c4ccc5cc6ccccc6cc5c4)n3)cc2)c1. The molecule has 9 aromatic carbocycles. The number of nitrogens with zero attached hydrogens (tertiary/aromatic N) is 4. The van der Waals surface area contributed by atoms with Crippen LogP contribution in [0.15, 0.2) is 215 Å². The third kappa shape index (κ3) is 6.03. The summed E-state index contributed by atoms with van der Waals surface area (Å²) in [5.74, 6) is 1.70. The second kappa shape index (κ2) is 14.4. The molecule has 0 N–H and O–H groups in total. The van der Waals surface area contributed by atoms with E-state index in [0.717, 1.165) is 105 Å². The quantitative estimate of drug-likeness (QED) is 0.156. The minimum absolute atomic E-state index is 0.548. The predicted molar refractivity (Wildman–Crippen MR) is 260 cm³/mol. The van der Waals surface area contributed by atoms with Crippen molar-refractivity contribution in [1.82, 2.24) is 19.9 Å². The Balaban J connectivity index is 1.05. The van der Waals surface area contributed by atoms with Gasteiger partial charge in [0.1, 0.15) is 22.3 Å². The summed E-state index contributed by atoms with van der Waals surface area (Å²) in [4.78, 5) is 20.1. The Morgan fingerprint density at radius 3 is 1.42 bits per heavy atom. The first-order chi connectivity index (χ1) is 31.7. The number of furan rings is 2. The number of rotatable bonds is 6. The lowest BCUT2D eigenvalue weighted by Gasteiger charge is -2.13. The highest BCUT2D eigenvalue weighted by Gasteiger charge is 2.20. The summed E-state index contributed by atoms with van der Waals surface area (Å²) in [5.41, 5.74) is 11.9. The lowest BCUT2D eigenvalue weighted by atomic mass is 9.94. The van der Waals surface area contributed by atoms with Crippen molar-refractivity contribution < 1.29 is 8.83 Å². The van der Waals surface area contributed by atoms with Crippen molar-refractivity contribution in [1.29, 1.82) is 0 Å². The van der Waals surface area contributed by atoms with E-state index in [2.05, 4.69) is 169 Å². The van der Waals surface area contributed by atoms with Crippen molar-refractivity contribution >= 4 is 65.4 Å². The third-order valence-electron chi connectivity index (χ3n) is 12.4. The smallest absolute Gasteiger partial charge is 0.164 e. The topological polar surface area (TPSA) is 77.8 Å². The average molecular weight is 819 g/mol. The summed E-state index contributed by atoms with van der Waals surface area (Å²) in [6.07, 6.45) is 3.66. The fraction of sp³-hybridized carbons (Fsp3) is 0. The van der Waals surface area contributed by atoms with Crippen LogP contribution in [0.3, 0.4) is 0 Å². The molecule has 0 bridgehead atoms. The van der Waals surface area contributed by atoms with Crippen LogP contribution in [0.2, 0.25) is 0 Å². The van der Waals surface area contributed by atoms with Crippen molar-refractivity contribution in [3.63, 3.8) is 0 Å². The number of hydrogen-bond acceptors (Lipinski definition) is 6. The normalized spacial score (nSPS) is 11.8. The molecule has 0 aliphatic rings. The van der Waals surface area contributed by atoms with Crippen LogP contribution in [-0.2, 0) is 0 Å². The molecule has 0 atom stereocenters. The van der Waals surface area contributed by atoms with Gasteiger partial charge in [0.15, 0.2) is 17.5 Å². The molecule has 0 saturated carbocycles. The minimum atomic E-state index is 0.548. The highest BCUT2D eigenvalue weighted by Crippen LogP contribution is 2.42. The fourth-order valence-electron chi connectivity index (χ4n) is 9.20. The lowest BCUT2D eigenvalue weighted by Crippen LogP contribution is -2.01. The highest BCUT2D eigenvalue weighted by molar-refractivity contribution is 6.12.